The molecule has 1 atom stereocenters. The van der Waals surface area contributed by atoms with Gasteiger partial charge in [-0.25, -0.2) is 0 Å². The van der Waals surface area contributed by atoms with Crippen molar-refractivity contribution < 1.29 is 4.79 Å². The van der Waals surface area contributed by atoms with Crippen molar-refractivity contribution in [2.45, 2.75) is 38.6 Å². The van der Waals surface area contributed by atoms with Crippen molar-refractivity contribution in [3.63, 3.8) is 0 Å². The van der Waals surface area contributed by atoms with Crippen molar-refractivity contribution in [3.05, 3.63) is 35.4 Å². The third-order valence-electron chi connectivity index (χ3n) is 4.49. The maximum Gasteiger partial charge on any atom is 0.232 e. The average Bonchev–Trinajstić information content (AvgIpc) is 2.88. The minimum atomic E-state index is -0.450. The van der Waals surface area contributed by atoms with E-state index in [2.05, 4.69) is 50.2 Å². The average molecular weight is 274 g/mol. The van der Waals surface area contributed by atoms with Crippen LogP contribution in [-0.4, -0.2) is 48.9 Å². The molecule has 1 aliphatic rings. The zero-order chi connectivity index (χ0) is 14.9. The molecule has 3 nitrogen and oxygen atoms in total. The molecule has 0 aromatic heterocycles. The topological polar surface area (TPSA) is 23.6 Å². The molecule has 1 saturated heterocycles. The second-order valence-corrected chi connectivity index (χ2v) is 6.65. The van der Waals surface area contributed by atoms with Gasteiger partial charge in [0, 0.05) is 19.1 Å². The van der Waals surface area contributed by atoms with Crippen LogP contribution in [0.3, 0.4) is 0 Å². The van der Waals surface area contributed by atoms with Gasteiger partial charge < -0.3 is 9.80 Å². The number of hydrogen-bond donors (Lipinski definition) is 0. The molecule has 0 aliphatic carbocycles. The quantitative estimate of drug-likeness (QED) is 0.845. The van der Waals surface area contributed by atoms with Gasteiger partial charge in [-0.15, -0.1) is 0 Å². The largest absolute Gasteiger partial charge is 0.340 e. The van der Waals surface area contributed by atoms with Crippen LogP contribution in [-0.2, 0) is 10.2 Å². The molecule has 2 rings (SSSR count). The predicted molar refractivity (Wildman–Crippen MR) is 82.9 cm³/mol. The SMILES string of the molecule is Cc1ccc(C(C)(C)C(=O)N2CCC(N(C)C)C2)cc1. The van der Waals surface area contributed by atoms with Gasteiger partial charge in [0.25, 0.3) is 0 Å². The lowest BCUT2D eigenvalue weighted by molar-refractivity contribution is -0.135. The first-order valence-electron chi connectivity index (χ1n) is 7.35. The highest BCUT2D eigenvalue weighted by atomic mass is 16.2. The maximum atomic E-state index is 12.8. The van der Waals surface area contributed by atoms with Crippen LogP contribution < -0.4 is 0 Å². The fourth-order valence-corrected chi connectivity index (χ4v) is 2.84. The molecule has 3 heteroatoms. The van der Waals surface area contributed by atoms with Crippen molar-refractivity contribution in [2.75, 3.05) is 27.2 Å². The Labute approximate surface area is 122 Å². The van der Waals surface area contributed by atoms with Crippen LogP contribution in [0.1, 0.15) is 31.4 Å². The van der Waals surface area contributed by atoms with Gasteiger partial charge in [-0.1, -0.05) is 29.8 Å². The van der Waals surface area contributed by atoms with E-state index in [4.69, 9.17) is 0 Å². The lowest BCUT2D eigenvalue weighted by atomic mass is 9.83. The van der Waals surface area contributed by atoms with Crippen molar-refractivity contribution in [3.8, 4) is 0 Å². The summed E-state index contributed by atoms with van der Waals surface area (Å²) in [6.45, 7) is 7.85. The highest BCUT2D eigenvalue weighted by Crippen LogP contribution is 2.28. The first kappa shape index (κ1) is 15.0. The standard InChI is InChI=1S/C17H26N2O/c1-13-6-8-14(9-7-13)17(2,3)16(20)19-11-10-15(12-19)18(4)5/h6-9,15H,10-12H2,1-5H3. The monoisotopic (exact) mass is 274 g/mol. The molecule has 1 aliphatic heterocycles. The number of benzene rings is 1. The number of carbonyl (C=O) groups is 1. The van der Waals surface area contributed by atoms with Crippen LogP contribution in [0.25, 0.3) is 0 Å². The van der Waals surface area contributed by atoms with Crippen molar-refractivity contribution >= 4 is 5.91 Å². The normalized spacial score (nSPS) is 19.7. The Bertz CT molecular complexity index is 476. The summed E-state index contributed by atoms with van der Waals surface area (Å²) in [6.07, 6.45) is 1.07. The summed E-state index contributed by atoms with van der Waals surface area (Å²) in [7, 11) is 4.17. The molecular formula is C17H26N2O. The molecular weight excluding hydrogens is 248 g/mol. The van der Waals surface area contributed by atoms with E-state index in [9.17, 15) is 4.79 Å². The molecule has 0 radical (unpaired) electrons. The van der Waals surface area contributed by atoms with E-state index in [-0.39, 0.29) is 5.91 Å². The van der Waals surface area contributed by atoms with Crippen LogP contribution in [0.15, 0.2) is 24.3 Å². The number of amides is 1. The van der Waals surface area contributed by atoms with Crippen LogP contribution in [0, 0.1) is 6.92 Å². The summed E-state index contributed by atoms with van der Waals surface area (Å²) < 4.78 is 0. The molecule has 0 bridgehead atoms. The Morgan fingerprint density at radius 2 is 1.85 bits per heavy atom. The summed E-state index contributed by atoms with van der Waals surface area (Å²) in [4.78, 5) is 17.1. The Morgan fingerprint density at radius 3 is 2.35 bits per heavy atom. The summed E-state index contributed by atoms with van der Waals surface area (Å²) in [6, 6.07) is 8.81. The van der Waals surface area contributed by atoms with E-state index in [0.717, 1.165) is 25.1 Å². The number of hydrogen-bond acceptors (Lipinski definition) is 2. The smallest absolute Gasteiger partial charge is 0.232 e. The number of carbonyl (C=O) groups excluding carboxylic acids is 1. The van der Waals surface area contributed by atoms with Crippen LogP contribution in [0.4, 0.5) is 0 Å². The molecule has 110 valence electrons. The number of rotatable bonds is 3. The van der Waals surface area contributed by atoms with E-state index in [1.54, 1.807) is 0 Å². The minimum absolute atomic E-state index is 0.241. The van der Waals surface area contributed by atoms with Gasteiger partial charge in [0.05, 0.1) is 5.41 Å². The highest BCUT2D eigenvalue weighted by molar-refractivity contribution is 5.87. The van der Waals surface area contributed by atoms with Gasteiger partial charge in [0.15, 0.2) is 0 Å². The zero-order valence-electron chi connectivity index (χ0n) is 13.3. The molecule has 1 fully saturated rings. The molecule has 1 aromatic rings. The number of likely N-dealkylation sites (N-methyl/N-ethyl adjacent to an activating group) is 1. The van der Waals surface area contributed by atoms with Gasteiger partial charge in [0.2, 0.25) is 5.91 Å². The van der Waals surface area contributed by atoms with Crippen LogP contribution in [0.2, 0.25) is 0 Å². The number of likely N-dealkylation sites (tertiary alicyclic amines) is 1. The zero-order valence-corrected chi connectivity index (χ0v) is 13.3. The third kappa shape index (κ3) is 2.88. The minimum Gasteiger partial charge on any atom is -0.340 e. The fraction of sp³-hybridized carbons (Fsp3) is 0.588. The predicted octanol–water partition coefficient (Wildman–Crippen LogP) is 2.44. The summed E-state index contributed by atoms with van der Waals surface area (Å²) >= 11 is 0. The van der Waals surface area contributed by atoms with Crippen molar-refractivity contribution in [1.82, 2.24) is 9.80 Å². The Morgan fingerprint density at radius 1 is 1.25 bits per heavy atom. The van der Waals surface area contributed by atoms with Gasteiger partial charge in [-0.05, 0) is 46.9 Å². The molecule has 1 unspecified atom stereocenters. The van der Waals surface area contributed by atoms with Gasteiger partial charge in [-0.3, -0.25) is 4.79 Å². The Hall–Kier alpha value is -1.35. The van der Waals surface area contributed by atoms with Gasteiger partial charge in [-0.2, -0.15) is 0 Å². The van der Waals surface area contributed by atoms with Gasteiger partial charge >= 0.3 is 0 Å². The fourth-order valence-electron chi connectivity index (χ4n) is 2.84. The molecule has 0 saturated carbocycles. The van der Waals surface area contributed by atoms with Crippen LogP contribution in [0.5, 0.6) is 0 Å². The summed E-state index contributed by atoms with van der Waals surface area (Å²) in [5.41, 5.74) is 1.88. The van der Waals surface area contributed by atoms with E-state index in [1.165, 1.54) is 5.56 Å². The van der Waals surface area contributed by atoms with Crippen LogP contribution >= 0.6 is 0 Å². The Balaban J connectivity index is 2.13. The summed E-state index contributed by atoms with van der Waals surface area (Å²) in [5, 5.41) is 0. The summed E-state index contributed by atoms with van der Waals surface area (Å²) in [5.74, 6) is 0.241. The third-order valence-corrected chi connectivity index (χ3v) is 4.49. The lowest BCUT2D eigenvalue weighted by Gasteiger charge is -2.30. The van der Waals surface area contributed by atoms with Crippen molar-refractivity contribution in [1.29, 1.82) is 0 Å². The van der Waals surface area contributed by atoms with E-state index >= 15 is 0 Å². The molecule has 20 heavy (non-hydrogen) atoms. The molecule has 1 aromatic carbocycles. The molecule has 0 spiro atoms. The lowest BCUT2D eigenvalue weighted by Crippen LogP contribution is -2.43. The molecule has 1 heterocycles. The first-order chi connectivity index (χ1) is 9.32. The van der Waals surface area contributed by atoms with E-state index in [1.807, 2.05) is 18.7 Å². The van der Waals surface area contributed by atoms with E-state index in [0.29, 0.717) is 6.04 Å². The Kier molecular flexibility index (Phi) is 4.19. The molecule has 0 N–H and O–H groups in total. The first-order valence-corrected chi connectivity index (χ1v) is 7.35. The number of aryl methyl sites for hydroxylation is 1. The second kappa shape index (κ2) is 5.57. The molecule has 1 amide bonds. The maximum absolute atomic E-state index is 12.8. The second-order valence-electron chi connectivity index (χ2n) is 6.65. The highest BCUT2D eigenvalue weighted by Gasteiger charge is 2.37. The van der Waals surface area contributed by atoms with Crippen molar-refractivity contribution in [2.24, 2.45) is 0 Å². The van der Waals surface area contributed by atoms with E-state index < -0.39 is 5.41 Å². The number of nitrogens with zero attached hydrogens (tertiary/aromatic N) is 2. The van der Waals surface area contributed by atoms with Gasteiger partial charge in [0.1, 0.15) is 0 Å².